The Kier molecular flexibility index (Phi) is 7.87. The molecule has 0 bridgehead atoms. The van der Waals surface area contributed by atoms with Gasteiger partial charge in [0.2, 0.25) is 5.91 Å². The number of nitrogen functional groups attached to an aromatic ring is 1. The maximum Gasteiger partial charge on any atom is 0.411 e. The normalized spacial score (nSPS) is 14.4. The molecule has 14 heteroatoms. The molecule has 0 fully saturated rings. The van der Waals surface area contributed by atoms with Crippen LogP contribution in [0.15, 0.2) is 67.1 Å². The van der Waals surface area contributed by atoms with E-state index in [4.69, 9.17) is 17.3 Å². The molecule has 1 atom stereocenters. The number of amides is 3. The second-order valence-corrected chi connectivity index (χ2v) is 9.40. The van der Waals surface area contributed by atoms with Gasteiger partial charge in [-0.05, 0) is 65.0 Å². The van der Waals surface area contributed by atoms with Crippen molar-refractivity contribution in [3.63, 3.8) is 0 Å². The van der Waals surface area contributed by atoms with Gasteiger partial charge in [0, 0.05) is 52.3 Å². The number of benzene rings is 2. The van der Waals surface area contributed by atoms with Gasteiger partial charge in [-0.15, -0.1) is 5.10 Å². The van der Waals surface area contributed by atoms with Gasteiger partial charge < -0.3 is 20.7 Å². The number of halogens is 1. The Bertz CT molecular complexity index is 1620. The lowest BCUT2D eigenvalue weighted by molar-refractivity contribution is -0.135. The number of hydrogen-bond acceptors (Lipinski definition) is 9. The number of pyridine rings is 1. The van der Waals surface area contributed by atoms with Gasteiger partial charge in [0.25, 0.3) is 5.91 Å². The van der Waals surface area contributed by atoms with Crippen molar-refractivity contribution in [2.45, 2.75) is 12.5 Å². The Morgan fingerprint density at radius 1 is 1.10 bits per heavy atom. The number of ether oxygens (including phenoxy) is 1. The predicted octanol–water partition coefficient (Wildman–Crippen LogP) is 3.25. The van der Waals surface area contributed by atoms with E-state index >= 15 is 0 Å². The Morgan fingerprint density at radius 2 is 1.85 bits per heavy atom. The third-order valence-electron chi connectivity index (χ3n) is 6.33. The van der Waals surface area contributed by atoms with Crippen molar-refractivity contribution in [1.29, 1.82) is 0 Å². The van der Waals surface area contributed by atoms with Crippen LogP contribution in [0.3, 0.4) is 0 Å². The van der Waals surface area contributed by atoms with Gasteiger partial charge in [0.1, 0.15) is 12.4 Å². The zero-order valence-electron chi connectivity index (χ0n) is 21.7. The first-order chi connectivity index (χ1) is 19.8. The maximum atomic E-state index is 13.7. The topological polar surface area (TPSA) is 170 Å². The molecule has 3 amide bonds. The summed E-state index contributed by atoms with van der Waals surface area (Å²) in [7, 11) is 1.26. The summed E-state index contributed by atoms with van der Waals surface area (Å²) in [5, 5.41) is 17.1. The van der Waals surface area contributed by atoms with E-state index in [0.29, 0.717) is 51.0 Å². The lowest BCUT2D eigenvalue weighted by Crippen LogP contribution is -2.45. The molecular weight excluding hydrogens is 550 g/mol. The van der Waals surface area contributed by atoms with Gasteiger partial charge in [-0.25, -0.2) is 4.79 Å². The van der Waals surface area contributed by atoms with Crippen molar-refractivity contribution in [2.24, 2.45) is 0 Å². The first-order valence-electron chi connectivity index (χ1n) is 12.3. The average Bonchev–Trinajstić information content (AvgIpc) is 3.51. The van der Waals surface area contributed by atoms with Gasteiger partial charge in [-0.3, -0.25) is 19.9 Å². The van der Waals surface area contributed by atoms with E-state index in [0.717, 1.165) is 0 Å². The van der Waals surface area contributed by atoms with Crippen LogP contribution >= 0.6 is 11.6 Å². The number of methoxy groups -OCH3 is 1. The van der Waals surface area contributed by atoms with Crippen molar-refractivity contribution < 1.29 is 19.1 Å². The SMILES string of the molecule is COC(=O)Nc1ccc(NC(=O)C2c3cc(N)cnc3CCN2C(=O)/C=C/c2cc(Cl)ccc2-n2cnnn2)cc1. The molecule has 1 aliphatic rings. The highest BCUT2D eigenvalue weighted by atomic mass is 35.5. The van der Waals surface area contributed by atoms with E-state index in [1.165, 1.54) is 35.3 Å². The Morgan fingerprint density at radius 3 is 2.56 bits per heavy atom. The van der Waals surface area contributed by atoms with E-state index in [2.05, 4.69) is 35.9 Å². The van der Waals surface area contributed by atoms with Crippen LogP contribution in [0, 0.1) is 0 Å². The minimum absolute atomic E-state index is 0.253. The fourth-order valence-electron chi connectivity index (χ4n) is 4.43. The minimum atomic E-state index is -1.00. The summed E-state index contributed by atoms with van der Waals surface area (Å²) in [5.41, 5.74) is 9.76. The van der Waals surface area contributed by atoms with Crippen LogP contribution in [0.1, 0.15) is 22.9 Å². The number of carbonyl (C=O) groups excluding carboxylic acids is 3. The molecule has 1 aliphatic heterocycles. The number of anilines is 3. The summed E-state index contributed by atoms with van der Waals surface area (Å²) < 4.78 is 6.04. The third-order valence-corrected chi connectivity index (χ3v) is 6.56. The lowest BCUT2D eigenvalue weighted by atomic mass is 9.95. The summed E-state index contributed by atoms with van der Waals surface area (Å²) in [6, 6.07) is 12.2. The molecule has 0 spiro atoms. The van der Waals surface area contributed by atoms with E-state index < -0.39 is 23.9 Å². The van der Waals surface area contributed by atoms with Crippen LogP contribution in [0.5, 0.6) is 0 Å². The van der Waals surface area contributed by atoms with Crippen molar-refractivity contribution in [1.82, 2.24) is 30.1 Å². The molecule has 4 aromatic rings. The highest BCUT2D eigenvalue weighted by Crippen LogP contribution is 2.32. The van der Waals surface area contributed by atoms with E-state index in [-0.39, 0.29) is 6.54 Å². The predicted molar refractivity (Wildman–Crippen MR) is 151 cm³/mol. The molecule has 2 aromatic heterocycles. The second-order valence-electron chi connectivity index (χ2n) is 8.96. The summed E-state index contributed by atoms with van der Waals surface area (Å²) in [6.07, 6.45) is 5.76. The number of nitrogens with two attached hydrogens (primary N) is 1. The van der Waals surface area contributed by atoms with Gasteiger partial charge in [0.05, 0.1) is 24.7 Å². The maximum absolute atomic E-state index is 13.7. The second kappa shape index (κ2) is 11.8. The minimum Gasteiger partial charge on any atom is -0.453 e. The van der Waals surface area contributed by atoms with E-state index in [1.807, 2.05) is 0 Å². The zero-order valence-corrected chi connectivity index (χ0v) is 22.4. The van der Waals surface area contributed by atoms with Crippen molar-refractivity contribution in [3.8, 4) is 5.69 Å². The van der Waals surface area contributed by atoms with Gasteiger partial charge >= 0.3 is 6.09 Å². The van der Waals surface area contributed by atoms with Crippen LogP contribution in [-0.4, -0.2) is 61.7 Å². The summed E-state index contributed by atoms with van der Waals surface area (Å²) in [4.78, 5) is 44.5. The number of carbonyl (C=O) groups is 3. The fraction of sp³-hybridized carbons (Fsp3) is 0.148. The molecule has 3 heterocycles. The highest BCUT2D eigenvalue weighted by molar-refractivity contribution is 6.30. The molecule has 13 nitrogen and oxygen atoms in total. The smallest absolute Gasteiger partial charge is 0.411 e. The van der Waals surface area contributed by atoms with Crippen LogP contribution in [0.25, 0.3) is 11.8 Å². The number of nitrogens with zero attached hydrogens (tertiary/aromatic N) is 6. The largest absolute Gasteiger partial charge is 0.453 e. The number of fused-ring (bicyclic) bond motifs is 1. The molecular formula is C27H24ClN9O4. The monoisotopic (exact) mass is 573 g/mol. The molecule has 1 unspecified atom stereocenters. The fourth-order valence-corrected chi connectivity index (χ4v) is 4.61. The molecule has 0 radical (unpaired) electrons. The van der Waals surface area contributed by atoms with Crippen molar-refractivity contribution in [3.05, 3.63) is 89.0 Å². The molecule has 2 aromatic carbocycles. The molecule has 0 saturated heterocycles. The Hall–Kier alpha value is -5.30. The quantitative estimate of drug-likeness (QED) is 0.293. The zero-order chi connectivity index (χ0) is 28.9. The standard InChI is InChI=1S/C27H24ClN9O4/c1-41-27(40)33-20-6-4-19(5-7-20)32-26(39)25-21-13-18(29)14-30-22(21)10-11-36(25)24(38)9-2-16-12-17(28)3-8-23(16)37-15-31-34-35-37/h2-9,12-15,25H,10-11,29H2,1H3,(H,32,39)(H,33,40)/b9-2+. The van der Waals surface area contributed by atoms with Crippen LogP contribution in [0.2, 0.25) is 5.02 Å². The third kappa shape index (κ3) is 6.15. The molecule has 5 rings (SSSR count). The highest BCUT2D eigenvalue weighted by Gasteiger charge is 2.36. The Balaban J connectivity index is 1.42. The lowest BCUT2D eigenvalue weighted by Gasteiger charge is -2.35. The van der Waals surface area contributed by atoms with Gasteiger partial charge in [-0.2, -0.15) is 4.68 Å². The van der Waals surface area contributed by atoms with E-state index in [1.54, 1.807) is 54.6 Å². The Labute approximate surface area is 238 Å². The number of rotatable bonds is 6. The number of hydrogen-bond donors (Lipinski definition) is 3. The van der Waals surface area contributed by atoms with Gasteiger partial charge in [0.15, 0.2) is 0 Å². The molecule has 0 aliphatic carbocycles. The first kappa shape index (κ1) is 27.3. The summed E-state index contributed by atoms with van der Waals surface area (Å²) in [6.45, 7) is 0.253. The van der Waals surface area contributed by atoms with Crippen LogP contribution < -0.4 is 16.4 Å². The molecule has 0 saturated carbocycles. The number of nitrogens with one attached hydrogen (secondary N) is 2. The van der Waals surface area contributed by atoms with Gasteiger partial charge in [-0.1, -0.05) is 11.6 Å². The van der Waals surface area contributed by atoms with Crippen molar-refractivity contribution in [2.75, 3.05) is 30.0 Å². The summed E-state index contributed by atoms with van der Waals surface area (Å²) in [5.74, 6) is -0.857. The molecule has 4 N–H and O–H groups in total. The molecule has 41 heavy (non-hydrogen) atoms. The summed E-state index contributed by atoms with van der Waals surface area (Å²) >= 11 is 6.21. The van der Waals surface area contributed by atoms with Crippen LogP contribution in [-0.2, 0) is 20.7 Å². The average molecular weight is 574 g/mol. The number of aromatic nitrogens is 5. The first-order valence-corrected chi connectivity index (χ1v) is 12.7. The number of tetrazole rings is 1. The van der Waals surface area contributed by atoms with E-state index in [9.17, 15) is 14.4 Å². The molecule has 208 valence electrons. The van der Waals surface area contributed by atoms with Crippen molar-refractivity contribution >= 4 is 52.6 Å². The van der Waals surface area contributed by atoms with Crippen LogP contribution in [0.4, 0.5) is 21.9 Å².